The van der Waals surface area contributed by atoms with Gasteiger partial charge < -0.3 is 15.0 Å². The first-order valence-electron chi connectivity index (χ1n) is 10.9. The maximum absolute atomic E-state index is 13.2. The molecule has 166 valence electrons. The second kappa shape index (κ2) is 11.2. The highest BCUT2D eigenvalue weighted by Crippen LogP contribution is 2.22. The topological polar surface area (TPSA) is 58.6 Å². The number of nitrogens with zero attached hydrogens (tertiary/aromatic N) is 1. The third-order valence-electron chi connectivity index (χ3n) is 5.76. The van der Waals surface area contributed by atoms with Gasteiger partial charge in [0.15, 0.2) is 0 Å². The molecule has 2 amide bonds. The largest absolute Gasteiger partial charge is 0.497 e. The number of benzene rings is 2. The third kappa shape index (κ3) is 6.76. The van der Waals surface area contributed by atoms with Gasteiger partial charge in [0.25, 0.3) is 0 Å². The zero-order valence-corrected chi connectivity index (χ0v) is 19.4. The Labute approximate surface area is 189 Å². The predicted molar refractivity (Wildman–Crippen MR) is 125 cm³/mol. The molecule has 0 unspecified atom stereocenters. The zero-order valence-electron chi connectivity index (χ0n) is 18.6. The molecular formula is C25H32N2O3S. The second-order valence-electron chi connectivity index (χ2n) is 8.14. The molecule has 0 spiro atoms. The van der Waals surface area contributed by atoms with Crippen molar-refractivity contribution in [1.29, 1.82) is 0 Å². The van der Waals surface area contributed by atoms with Gasteiger partial charge in [-0.1, -0.05) is 42.7 Å². The Balaban J connectivity index is 1.70. The quantitative estimate of drug-likeness (QED) is 0.580. The summed E-state index contributed by atoms with van der Waals surface area (Å²) in [5.74, 6) is 0.938. The summed E-state index contributed by atoms with van der Waals surface area (Å²) in [6.07, 6.45) is 4.35. The number of rotatable bonds is 9. The molecule has 6 heteroatoms. The number of methoxy groups -OCH3 is 1. The molecule has 31 heavy (non-hydrogen) atoms. The van der Waals surface area contributed by atoms with Crippen molar-refractivity contribution in [2.24, 2.45) is 0 Å². The van der Waals surface area contributed by atoms with E-state index in [1.165, 1.54) is 17.3 Å². The fraction of sp³-hybridized carbons (Fsp3) is 0.440. The van der Waals surface area contributed by atoms with E-state index in [2.05, 4.69) is 5.32 Å². The Morgan fingerprint density at radius 3 is 2.35 bits per heavy atom. The van der Waals surface area contributed by atoms with Gasteiger partial charge >= 0.3 is 0 Å². The van der Waals surface area contributed by atoms with Crippen molar-refractivity contribution in [2.75, 3.05) is 12.9 Å². The summed E-state index contributed by atoms with van der Waals surface area (Å²) in [5.41, 5.74) is 2.16. The number of carbonyl (C=O) groups is 2. The minimum Gasteiger partial charge on any atom is -0.497 e. The second-order valence-corrected chi connectivity index (χ2v) is 9.19. The van der Waals surface area contributed by atoms with Gasteiger partial charge in [-0.05, 0) is 56.5 Å². The highest BCUT2D eigenvalue weighted by atomic mass is 32.2. The van der Waals surface area contributed by atoms with E-state index in [4.69, 9.17) is 4.74 Å². The van der Waals surface area contributed by atoms with Gasteiger partial charge in [0, 0.05) is 17.5 Å². The van der Waals surface area contributed by atoms with E-state index in [1.54, 1.807) is 12.0 Å². The van der Waals surface area contributed by atoms with Crippen molar-refractivity contribution in [1.82, 2.24) is 10.2 Å². The molecule has 0 aliphatic heterocycles. The summed E-state index contributed by atoms with van der Waals surface area (Å²) in [7, 11) is 1.63. The molecule has 3 rings (SSSR count). The van der Waals surface area contributed by atoms with Crippen LogP contribution in [0.5, 0.6) is 5.75 Å². The molecule has 0 radical (unpaired) electrons. The van der Waals surface area contributed by atoms with Crippen LogP contribution in [0, 0.1) is 6.92 Å². The molecule has 0 saturated heterocycles. The Morgan fingerprint density at radius 2 is 1.74 bits per heavy atom. The van der Waals surface area contributed by atoms with E-state index in [9.17, 15) is 9.59 Å². The minimum atomic E-state index is -0.534. The highest BCUT2D eigenvalue weighted by molar-refractivity contribution is 8.00. The summed E-state index contributed by atoms with van der Waals surface area (Å²) >= 11 is 1.50. The highest BCUT2D eigenvalue weighted by Gasteiger charge is 2.28. The van der Waals surface area contributed by atoms with E-state index in [0.717, 1.165) is 41.9 Å². The van der Waals surface area contributed by atoms with E-state index in [1.807, 2.05) is 62.4 Å². The summed E-state index contributed by atoms with van der Waals surface area (Å²) in [4.78, 5) is 28.8. The average molecular weight is 441 g/mol. The number of thioether (sulfide) groups is 1. The van der Waals surface area contributed by atoms with Crippen molar-refractivity contribution in [3.63, 3.8) is 0 Å². The molecule has 0 aromatic heterocycles. The molecule has 1 aliphatic rings. The Hall–Kier alpha value is -2.47. The number of nitrogens with one attached hydrogen (secondary N) is 1. The maximum Gasteiger partial charge on any atom is 0.242 e. The van der Waals surface area contributed by atoms with Crippen LogP contribution in [0.15, 0.2) is 53.4 Å². The smallest absolute Gasteiger partial charge is 0.242 e. The SMILES string of the molecule is COc1ccc(CN(C(=O)CSc2ccc(C)cc2)[C@@H](C)C(=O)NC2CCCC2)cc1. The lowest BCUT2D eigenvalue weighted by molar-refractivity contribution is -0.138. The summed E-state index contributed by atoms with van der Waals surface area (Å²) < 4.78 is 5.23. The average Bonchev–Trinajstić information content (AvgIpc) is 3.30. The van der Waals surface area contributed by atoms with Crippen LogP contribution in [-0.4, -0.2) is 41.7 Å². The van der Waals surface area contributed by atoms with Crippen LogP contribution in [0.2, 0.25) is 0 Å². The van der Waals surface area contributed by atoms with Crippen LogP contribution >= 0.6 is 11.8 Å². The molecule has 1 saturated carbocycles. The normalized spacial score (nSPS) is 14.8. The molecule has 5 nitrogen and oxygen atoms in total. The lowest BCUT2D eigenvalue weighted by atomic mass is 10.1. The van der Waals surface area contributed by atoms with Gasteiger partial charge in [0.2, 0.25) is 11.8 Å². The molecule has 1 atom stereocenters. The molecule has 1 N–H and O–H groups in total. The van der Waals surface area contributed by atoms with Crippen LogP contribution in [-0.2, 0) is 16.1 Å². The Bertz CT molecular complexity index is 861. The van der Waals surface area contributed by atoms with Gasteiger partial charge in [-0.3, -0.25) is 9.59 Å². The van der Waals surface area contributed by atoms with Crippen molar-refractivity contribution in [3.8, 4) is 5.75 Å². The van der Waals surface area contributed by atoms with Gasteiger partial charge in [0.1, 0.15) is 11.8 Å². The Morgan fingerprint density at radius 1 is 1.10 bits per heavy atom. The van der Waals surface area contributed by atoms with Crippen LogP contribution in [0.25, 0.3) is 0 Å². The maximum atomic E-state index is 13.2. The first-order valence-corrected chi connectivity index (χ1v) is 11.9. The van der Waals surface area contributed by atoms with E-state index >= 15 is 0 Å². The lowest BCUT2D eigenvalue weighted by Crippen LogP contribution is -2.50. The van der Waals surface area contributed by atoms with Gasteiger partial charge in [-0.15, -0.1) is 11.8 Å². The predicted octanol–water partition coefficient (Wildman–Crippen LogP) is 4.57. The van der Waals surface area contributed by atoms with Crippen molar-refractivity contribution >= 4 is 23.6 Å². The molecule has 1 fully saturated rings. The molecule has 2 aromatic carbocycles. The number of hydrogen-bond donors (Lipinski definition) is 1. The summed E-state index contributed by atoms with van der Waals surface area (Å²) in [6, 6.07) is 15.5. The van der Waals surface area contributed by atoms with Crippen molar-refractivity contribution in [2.45, 2.75) is 63.1 Å². The fourth-order valence-electron chi connectivity index (χ4n) is 3.76. The Kier molecular flexibility index (Phi) is 8.41. The minimum absolute atomic E-state index is 0.0459. The lowest BCUT2D eigenvalue weighted by Gasteiger charge is -2.29. The van der Waals surface area contributed by atoms with E-state index in [0.29, 0.717) is 12.3 Å². The summed E-state index contributed by atoms with van der Waals surface area (Å²) in [5, 5.41) is 3.14. The van der Waals surface area contributed by atoms with E-state index < -0.39 is 6.04 Å². The molecule has 0 heterocycles. The van der Waals surface area contributed by atoms with Crippen LogP contribution in [0.4, 0.5) is 0 Å². The summed E-state index contributed by atoms with van der Waals surface area (Å²) in [6.45, 7) is 4.25. The zero-order chi connectivity index (χ0) is 22.2. The van der Waals surface area contributed by atoms with Gasteiger partial charge in [-0.2, -0.15) is 0 Å². The van der Waals surface area contributed by atoms with Crippen molar-refractivity contribution in [3.05, 3.63) is 59.7 Å². The molecule has 0 bridgehead atoms. The number of ether oxygens (including phenoxy) is 1. The van der Waals surface area contributed by atoms with Gasteiger partial charge in [-0.25, -0.2) is 0 Å². The number of hydrogen-bond acceptors (Lipinski definition) is 4. The van der Waals surface area contributed by atoms with Crippen LogP contribution in [0.1, 0.15) is 43.7 Å². The first-order chi connectivity index (χ1) is 15.0. The number of aryl methyl sites for hydroxylation is 1. The van der Waals surface area contributed by atoms with Crippen LogP contribution in [0.3, 0.4) is 0 Å². The monoisotopic (exact) mass is 440 g/mol. The standard InChI is InChI=1S/C25H32N2O3S/c1-18-8-14-23(15-9-18)31-17-24(28)27(16-20-10-12-22(30-3)13-11-20)19(2)25(29)26-21-6-4-5-7-21/h8-15,19,21H,4-7,16-17H2,1-3H3,(H,26,29)/t19-/m0/s1. The fourth-order valence-corrected chi connectivity index (χ4v) is 4.55. The molecular weight excluding hydrogens is 408 g/mol. The van der Waals surface area contributed by atoms with Crippen molar-refractivity contribution < 1.29 is 14.3 Å². The van der Waals surface area contributed by atoms with Gasteiger partial charge in [0.05, 0.1) is 12.9 Å². The van der Waals surface area contributed by atoms with E-state index in [-0.39, 0.29) is 17.9 Å². The van der Waals surface area contributed by atoms with Crippen LogP contribution < -0.4 is 10.1 Å². The number of amides is 2. The molecule has 2 aromatic rings. The first kappa shape index (κ1) is 23.2. The number of carbonyl (C=O) groups excluding carboxylic acids is 2. The third-order valence-corrected chi connectivity index (χ3v) is 6.76. The molecule has 1 aliphatic carbocycles.